The maximum Gasteiger partial charge on any atom is 0.0702 e. The quantitative estimate of drug-likeness (QED) is 0.686. The molecule has 1 aliphatic rings. The first-order valence-corrected chi connectivity index (χ1v) is 7.74. The van der Waals surface area contributed by atoms with E-state index in [2.05, 4.69) is 37.9 Å². The zero-order chi connectivity index (χ0) is 13.4. The molecule has 0 aliphatic carbocycles. The van der Waals surface area contributed by atoms with E-state index >= 15 is 0 Å². The third-order valence-electron chi connectivity index (χ3n) is 3.85. The Hall–Kier alpha value is -0.120. The number of nitrogens with zero attached hydrogens (tertiary/aromatic N) is 1. The molecular weight excluding hydrogens is 224 g/mol. The standard InChI is InChI=1S/C15H32N2O/c1-5-9-16-15(13(3)4)12-17(6-2)11-14-8-7-10-18-14/h13-16H,5-12H2,1-4H3. The summed E-state index contributed by atoms with van der Waals surface area (Å²) in [5, 5.41) is 3.68. The molecule has 1 heterocycles. The molecule has 0 saturated carbocycles. The predicted molar refractivity (Wildman–Crippen MR) is 78.0 cm³/mol. The van der Waals surface area contributed by atoms with E-state index < -0.39 is 0 Å². The second kappa shape index (κ2) is 8.89. The highest BCUT2D eigenvalue weighted by atomic mass is 16.5. The molecule has 2 unspecified atom stereocenters. The number of ether oxygens (including phenoxy) is 1. The van der Waals surface area contributed by atoms with Crippen LogP contribution in [0, 0.1) is 5.92 Å². The van der Waals surface area contributed by atoms with E-state index in [9.17, 15) is 0 Å². The Morgan fingerprint density at radius 1 is 1.33 bits per heavy atom. The lowest BCUT2D eigenvalue weighted by molar-refractivity contribution is 0.0693. The molecule has 0 amide bonds. The van der Waals surface area contributed by atoms with Crippen LogP contribution in [0.2, 0.25) is 0 Å². The van der Waals surface area contributed by atoms with Crippen molar-refractivity contribution in [3.63, 3.8) is 0 Å². The lowest BCUT2D eigenvalue weighted by Crippen LogP contribution is -2.46. The molecule has 3 nitrogen and oxygen atoms in total. The van der Waals surface area contributed by atoms with E-state index in [1.54, 1.807) is 0 Å². The second-order valence-corrected chi connectivity index (χ2v) is 5.79. The predicted octanol–water partition coefficient (Wildman–Crippen LogP) is 2.51. The van der Waals surface area contributed by atoms with Gasteiger partial charge in [0.05, 0.1) is 6.10 Å². The number of hydrogen-bond acceptors (Lipinski definition) is 3. The lowest BCUT2D eigenvalue weighted by atomic mass is 10.0. The molecule has 0 aromatic carbocycles. The molecule has 1 saturated heterocycles. The number of rotatable bonds is 9. The maximum absolute atomic E-state index is 5.75. The van der Waals surface area contributed by atoms with Crippen LogP contribution in [0.1, 0.15) is 47.0 Å². The Labute approximate surface area is 113 Å². The summed E-state index contributed by atoms with van der Waals surface area (Å²) in [6, 6.07) is 0.603. The molecule has 1 aliphatic heterocycles. The zero-order valence-corrected chi connectivity index (χ0v) is 12.7. The Balaban J connectivity index is 2.37. The van der Waals surface area contributed by atoms with Crippen LogP contribution in [0.4, 0.5) is 0 Å². The largest absolute Gasteiger partial charge is 0.377 e. The molecule has 0 aromatic rings. The highest BCUT2D eigenvalue weighted by Crippen LogP contribution is 2.14. The summed E-state index contributed by atoms with van der Waals surface area (Å²) in [7, 11) is 0. The maximum atomic E-state index is 5.75. The number of likely N-dealkylation sites (N-methyl/N-ethyl adjacent to an activating group) is 1. The third-order valence-corrected chi connectivity index (χ3v) is 3.85. The topological polar surface area (TPSA) is 24.5 Å². The van der Waals surface area contributed by atoms with Gasteiger partial charge in [0.1, 0.15) is 0 Å². The molecule has 108 valence electrons. The van der Waals surface area contributed by atoms with Crippen molar-refractivity contribution in [1.82, 2.24) is 10.2 Å². The molecule has 0 spiro atoms. The number of nitrogens with one attached hydrogen (secondary N) is 1. The SMILES string of the molecule is CCCNC(CN(CC)CC1CCCO1)C(C)C. The Morgan fingerprint density at radius 3 is 2.61 bits per heavy atom. The smallest absolute Gasteiger partial charge is 0.0702 e. The molecule has 18 heavy (non-hydrogen) atoms. The van der Waals surface area contributed by atoms with Crippen LogP contribution in [0.3, 0.4) is 0 Å². The van der Waals surface area contributed by atoms with Crippen molar-refractivity contribution in [3.8, 4) is 0 Å². The van der Waals surface area contributed by atoms with Crippen LogP contribution in [-0.4, -0.2) is 49.8 Å². The summed E-state index contributed by atoms with van der Waals surface area (Å²) in [6.07, 6.45) is 4.17. The summed E-state index contributed by atoms with van der Waals surface area (Å²) < 4.78 is 5.75. The minimum atomic E-state index is 0.476. The van der Waals surface area contributed by atoms with E-state index in [0.717, 1.165) is 32.8 Å². The molecular formula is C15H32N2O. The van der Waals surface area contributed by atoms with E-state index in [1.807, 2.05) is 0 Å². The lowest BCUT2D eigenvalue weighted by Gasteiger charge is -2.31. The molecule has 0 bridgehead atoms. The van der Waals surface area contributed by atoms with E-state index in [0.29, 0.717) is 18.1 Å². The van der Waals surface area contributed by atoms with Gasteiger partial charge in [-0.1, -0.05) is 27.7 Å². The molecule has 1 rings (SSSR count). The van der Waals surface area contributed by atoms with Gasteiger partial charge in [0, 0.05) is 25.7 Å². The van der Waals surface area contributed by atoms with Crippen molar-refractivity contribution in [3.05, 3.63) is 0 Å². The van der Waals surface area contributed by atoms with Crippen LogP contribution in [-0.2, 0) is 4.74 Å². The monoisotopic (exact) mass is 256 g/mol. The zero-order valence-electron chi connectivity index (χ0n) is 12.7. The van der Waals surface area contributed by atoms with Gasteiger partial charge >= 0.3 is 0 Å². The normalized spacial score (nSPS) is 22.0. The Bertz CT molecular complexity index is 203. The summed E-state index contributed by atoms with van der Waals surface area (Å²) in [4.78, 5) is 2.54. The molecule has 0 radical (unpaired) electrons. The van der Waals surface area contributed by atoms with Crippen molar-refractivity contribution >= 4 is 0 Å². The third kappa shape index (κ3) is 5.68. The van der Waals surface area contributed by atoms with Crippen LogP contribution >= 0.6 is 0 Å². The van der Waals surface area contributed by atoms with Crippen LogP contribution in [0.5, 0.6) is 0 Å². The van der Waals surface area contributed by atoms with Crippen LogP contribution in [0.15, 0.2) is 0 Å². The average molecular weight is 256 g/mol. The van der Waals surface area contributed by atoms with E-state index in [-0.39, 0.29) is 0 Å². The highest BCUT2D eigenvalue weighted by Gasteiger charge is 2.21. The van der Waals surface area contributed by atoms with Crippen molar-refractivity contribution in [2.75, 3.05) is 32.8 Å². The van der Waals surface area contributed by atoms with E-state index in [1.165, 1.54) is 19.3 Å². The van der Waals surface area contributed by atoms with Crippen molar-refractivity contribution in [1.29, 1.82) is 0 Å². The fourth-order valence-electron chi connectivity index (χ4n) is 2.53. The van der Waals surface area contributed by atoms with Gasteiger partial charge in [0.25, 0.3) is 0 Å². The minimum absolute atomic E-state index is 0.476. The van der Waals surface area contributed by atoms with Crippen molar-refractivity contribution < 1.29 is 4.74 Å². The summed E-state index contributed by atoms with van der Waals surface area (Å²) >= 11 is 0. The summed E-state index contributed by atoms with van der Waals surface area (Å²) in [6.45, 7) is 14.6. The number of hydrogen-bond donors (Lipinski definition) is 1. The van der Waals surface area contributed by atoms with Gasteiger partial charge in [-0.15, -0.1) is 0 Å². The van der Waals surface area contributed by atoms with Gasteiger partial charge in [-0.05, 0) is 38.3 Å². The van der Waals surface area contributed by atoms with Gasteiger partial charge in [0.15, 0.2) is 0 Å². The van der Waals surface area contributed by atoms with Crippen molar-refractivity contribution in [2.45, 2.75) is 59.1 Å². The molecule has 3 heteroatoms. The van der Waals surface area contributed by atoms with Gasteiger partial charge in [-0.25, -0.2) is 0 Å². The van der Waals surface area contributed by atoms with Crippen molar-refractivity contribution in [2.24, 2.45) is 5.92 Å². The Kier molecular flexibility index (Phi) is 7.87. The van der Waals surface area contributed by atoms with E-state index in [4.69, 9.17) is 4.74 Å². The molecule has 1 N–H and O–H groups in total. The first-order chi connectivity index (χ1) is 8.67. The fraction of sp³-hybridized carbons (Fsp3) is 1.00. The first kappa shape index (κ1) is 15.9. The van der Waals surface area contributed by atoms with Gasteiger partial charge in [0.2, 0.25) is 0 Å². The van der Waals surface area contributed by atoms with Gasteiger partial charge in [-0.2, -0.15) is 0 Å². The van der Waals surface area contributed by atoms with Gasteiger partial charge < -0.3 is 10.1 Å². The molecule has 0 aromatic heterocycles. The fourth-order valence-corrected chi connectivity index (χ4v) is 2.53. The Morgan fingerprint density at radius 2 is 2.11 bits per heavy atom. The average Bonchev–Trinajstić information content (AvgIpc) is 2.85. The summed E-state index contributed by atoms with van der Waals surface area (Å²) in [5.41, 5.74) is 0. The minimum Gasteiger partial charge on any atom is -0.377 e. The first-order valence-electron chi connectivity index (χ1n) is 7.74. The molecule has 2 atom stereocenters. The van der Waals surface area contributed by atoms with Gasteiger partial charge in [-0.3, -0.25) is 4.90 Å². The highest BCUT2D eigenvalue weighted by molar-refractivity contribution is 4.77. The summed E-state index contributed by atoms with van der Waals surface area (Å²) in [5.74, 6) is 0.690. The second-order valence-electron chi connectivity index (χ2n) is 5.79. The van der Waals surface area contributed by atoms with Crippen LogP contribution < -0.4 is 5.32 Å². The molecule has 1 fully saturated rings. The van der Waals surface area contributed by atoms with Crippen LogP contribution in [0.25, 0.3) is 0 Å².